The standard InChI is InChI=1S/C18H20N2O/c1-19-13-12-17(14-19)20(16-10-6-3-7-11-16)18(21)15-8-4-2-5-9-15/h2-11,17H,12-14H2,1H3/t17-/m0/s1. The van der Waals surface area contributed by atoms with Crippen molar-refractivity contribution in [3.05, 3.63) is 66.2 Å². The molecule has 21 heavy (non-hydrogen) atoms. The van der Waals surface area contributed by atoms with E-state index >= 15 is 0 Å². The van der Waals surface area contributed by atoms with Gasteiger partial charge in [-0.1, -0.05) is 36.4 Å². The van der Waals surface area contributed by atoms with Crippen molar-refractivity contribution in [2.45, 2.75) is 12.5 Å². The summed E-state index contributed by atoms with van der Waals surface area (Å²) in [6.45, 7) is 1.96. The quantitative estimate of drug-likeness (QED) is 0.863. The van der Waals surface area contributed by atoms with Gasteiger partial charge in [0.05, 0.1) is 6.04 Å². The van der Waals surface area contributed by atoms with Crippen molar-refractivity contribution in [2.24, 2.45) is 0 Å². The van der Waals surface area contributed by atoms with E-state index in [0.29, 0.717) is 0 Å². The van der Waals surface area contributed by atoms with Crippen molar-refractivity contribution in [2.75, 3.05) is 25.0 Å². The van der Waals surface area contributed by atoms with Gasteiger partial charge < -0.3 is 9.80 Å². The van der Waals surface area contributed by atoms with Crippen LogP contribution in [0.4, 0.5) is 5.69 Å². The molecule has 1 saturated heterocycles. The Hall–Kier alpha value is -2.13. The van der Waals surface area contributed by atoms with E-state index in [9.17, 15) is 4.79 Å². The molecule has 0 radical (unpaired) electrons. The highest BCUT2D eigenvalue weighted by molar-refractivity contribution is 6.06. The molecule has 1 atom stereocenters. The molecule has 0 spiro atoms. The first-order valence-electron chi connectivity index (χ1n) is 7.38. The molecule has 1 fully saturated rings. The van der Waals surface area contributed by atoms with Crippen LogP contribution in [0.3, 0.4) is 0 Å². The number of anilines is 1. The summed E-state index contributed by atoms with van der Waals surface area (Å²) in [4.78, 5) is 17.2. The number of hydrogen-bond acceptors (Lipinski definition) is 2. The minimum Gasteiger partial charge on any atom is -0.304 e. The number of likely N-dealkylation sites (tertiary alicyclic amines) is 1. The highest BCUT2D eigenvalue weighted by atomic mass is 16.2. The van der Waals surface area contributed by atoms with E-state index < -0.39 is 0 Å². The molecule has 3 rings (SSSR count). The van der Waals surface area contributed by atoms with E-state index in [1.807, 2.05) is 65.6 Å². The van der Waals surface area contributed by atoms with Crippen molar-refractivity contribution in [3.8, 4) is 0 Å². The first-order valence-corrected chi connectivity index (χ1v) is 7.38. The summed E-state index contributed by atoms with van der Waals surface area (Å²) in [6.07, 6.45) is 1.02. The monoisotopic (exact) mass is 280 g/mol. The molecule has 0 saturated carbocycles. The van der Waals surface area contributed by atoms with E-state index in [1.165, 1.54) is 0 Å². The highest BCUT2D eigenvalue weighted by Crippen LogP contribution is 2.24. The maximum absolute atomic E-state index is 12.9. The summed E-state index contributed by atoms with van der Waals surface area (Å²) in [5.74, 6) is 0.0853. The van der Waals surface area contributed by atoms with Crippen LogP contribution in [0.25, 0.3) is 0 Å². The third-order valence-corrected chi connectivity index (χ3v) is 4.01. The molecule has 0 unspecified atom stereocenters. The predicted molar refractivity (Wildman–Crippen MR) is 85.6 cm³/mol. The molecule has 3 nitrogen and oxygen atoms in total. The van der Waals surface area contributed by atoms with Crippen LogP contribution < -0.4 is 4.90 Å². The van der Waals surface area contributed by atoms with Crippen molar-refractivity contribution in [1.82, 2.24) is 4.90 Å². The first-order chi connectivity index (χ1) is 10.3. The molecule has 1 aliphatic rings. The Morgan fingerprint density at radius 1 is 1.05 bits per heavy atom. The second-order valence-corrected chi connectivity index (χ2v) is 5.58. The third-order valence-electron chi connectivity index (χ3n) is 4.01. The van der Waals surface area contributed by atoms with E-state index in [2.05, 4.69) is 11.9 Å². The number of amides is 1. The Morgan fingerprint density at radius 2 is 1.67 bits per heavy atom. The van der Waals surface area contributed by atoms with Crippen LogP contribution in [-0.4, -0.2) is 37.0 Å². The van der Waals surface area contributed by atoms with Gasteiger partial charge in [-0.05, 0) is 44.3 Å². The highest BCUT2D eigenvalue weighted by Gasteiger charge is 2.30. The lowest BCUT2D eigenvalue weighted by Crippen LogP contribution is -2.42. The first kappa shape index (κ1) is 13.8. The molecule has 1 amide bonds. The zero-order valence-corrected chi connectivity index (χ0v) is 12.3. The lowest BCUT2D eigenvalue weighted by Gasteiger charge is -2.29. The predicted octanol–water partition coefficient (Wildman–Crippen LogP) is 3.04. The number of rotatable bonds is 3. The number of hydrogen-bond donors (Lipinski definition) is 0. The lowest BCUT2D eigenvalue weighted by atomic mass is 10.1. The minimum absolute atomic E-state index is 0.0853. The van der Waals surface area contributed by atoms with Gasteiger partial charge in [-0.25, -0.2) is 0 Å². The molecule has 108 valence electrons. The van der Waals surface area contributed by atoms with Gasteiger partial charge in [0, 0.05) is 17.8 Å². The van der Waals surface area contributed by atoms with Gasteiger partial charge in [0.15, 0.2) is 0 Å². The molecule has 3 heteroatoms. The number of para-hydroxylation sites is 1. The summed E-state index contributed by atoms with van der Waals surface area (Å²) in [7, 11) is 2.11. The van der Waals surface area contributed by atoms with E-state index in [4.69, 9.17) is 0 Å². The van der Waals surface area contributed by atoms with Gasteiger partial charge >= 0.3 is 0 Å². The molecular formula is C18H20N2O. The number of carbonyl (C=O) groups is 1. The lowest BCUT2D eigenvalue weighted by molar-refractivity contribution is 0.0977. The molecular weight excluding hydrogens is 260 g/mol. The molecule has 2 aromatic carbocycles. The maximum Gasteiger partial charge on any atom is 0.258 e. The smallest absolute Gasteiger partial charge is 0.258 e. The maximum atomic E-state index is 12.9. The Kier molecular flexibility index (Phi) is 4.02. The Bertz CT molecular complexity index is 597. The van der Waals surface area contributed by atoms with Crippen molar-refractivity contribution >= 4 is 11.6 Å². The fourth-order valence-electron chi connectivity index (χ4n) is 2.92. The largest absolute Gasteiger partial charge is 0.304 e. The fourth-order valence-corrected chi connectivity index (χ4v) is 2.92. The summed E-state index contributed by atoms with van der Waals surface area (Å²) >= 11 is 0. The topological polar surface area (TPSA) is 23.6 Å². The number of benzene rings is 2. The van der Waals surface area contributed by atoms with Crippen LogP contribution in [0, 0.1) is 0 Å². The Morgan fingerprint density at radius 3 is 2.24 bits per heavy atom. The third kappa shape index (κ3) is 2.98. The van der Waals surface area contributed by atoms with Crippen LogP contribution in [0.2, 0.25) is 0 Å². The van der Waals surface area contributed by atoms with Gasteiger partial charge in [0.1, 0.15) is 0 Å². The molecule has 2 aromatic rings. The number of likely N-dealkylation sites (N-methyl/N-ethyl adjacent to an activating group) is 1. The second kappa shape index (κ2) is 6.10. The summed E-state index contributed by atoms with van der Waals surface area (Å²) < 4.78 is 0. The van der Waals surface area contributed by atoms with Crippen LogP contribution in [0.15, 0.2) is 60.7 Å². The molecule has 1 heterocycles. The zero-order valence-electron chi connectivity index (χ0n) is 12.3. The van der Waals surface area contributed by atoms with Crippen molar-refractivity contribution in [1.29, 1.82) is 0 Å². The fraction of sp³-hybridized carbons (Fsp3) is 0.278. The Balaban J connectivity index is 1.95. The normalized spacial score (nSPS) is 18.6. The van der Waals surface area contributed by atoms with Crippen LogP contribution >= 0.6 is 0 Å². The van der Waals surface area contributed by atoms with Gasteiger partial charge in [-0.2, -0.15) is 0 Å². The minimum atomic E-state index is 0.0853. The number of nitrogens with zero attached hydrogens (tertiary/aromatic N) is 2. The van der Waals surface area contributed by atoms with Gasteiger partial charge in [0.2, 0.25) is 0 Å². The average molecular weight is 280 g/mol. The van der Waals surface area contributed by atoms with Crippen molar-refractivity contribution < 1.29 is 4.79 Å². The molecule has 0 N–H and O–H groups in total. The zero-order chi connectivity index (χ0) is 14.7. The summed E-state index contributed by atoms with van der Waals surface area (Å²) in [5, 5.41) is 0. The Labute approximate surface area is 125 Å². The van der Waals surface area contributed by atoms with E-state index in [-0.39, 0.29) is 11.9 Å². The molecule has 0 aliphatic carbocycles. The SMILES string of the molecule is CN1CC[C@H](N(C(=O)c2ccccc2)c2ccccc2)C1. The molecule has 0 bridgehead atoms. The summed E-state index contributed by atoms with van der Waals surface area (Å²) in [6, 6.07) is 19.8. The second-order valence-electron chi connectivity index (χ2n) is 5.58. The van der Waals surface area contributed by atoms with Gasteiger partial charge in [-0.15, -0.1) is 0 Å². The van der Waals surface area contributed by atoms with Crippen LogP contribution in [0.1, 0.15) is 16.8 Å². The van der Waals surface area contributed by atoms with Gasteiger partial charge in [-0.3, -0.25) is 4.79 Å². The van der Waals surface area contributed by atoms with E-state index in [1.54, 1.807) is 0 Å². The van der Waals surface area contributed by atoms with Crippen LogP contribution in [-0.2, 0) is 0 Å². The van der Waals surface area contributed by atoms with E-state index in [0.717, 1.165) is 30.8 Å². The number of carbonyl (C=O) groups excluding carboxylic acids is 1. The molecule has 1 aliphatic heterocycles. The van der Waals surface area contributed by atoms with Crippen molar-refractivity contribution in [3.63, 3.8) is 0 Å². The summed E-state index contributed by atoms with van der Waals surface area (Å²) in [5.41, 5.74) is 1.72. The average Bonchev–Trinajstić information content (AvgIpc) is 2.95. The van der Waals surface area contributed by atoms with Gasteiger partial charge in [0.25, 0.3) is 5.91 Å². The van der Waals surface area contributed by atoms with Crippen LogP contribution in [0.5, 0.6) is 0 Å². The molecule has 0 aromatic heterocycles.